The van der Waals surface area contributed by atoms with Crippen LogP contribution in [0.2, 0.25) is 0 Å². The van der Waals surface area contributed by atoms with E-state index in [9.17, 15) is 0 Å². The Bertz CT molecular complexity index is 499. The Morgan fingerprint density at radius 3 is 2.65 bits per heavy atom. The molecule has 17 heavy (non-hydrogen) atoms. The molecule has 0 aliphatic carbocycles. The summed E-state index contributed by atoms with van der Waals surface area (Å²) in [6.45, 7) is 0. The Morgan fingerprint density at radius 1 is 1.06 bits per heavy atom. The maximum atomic E-state index is 5.25. The van der Waals surface area contributed by atoms with Crippen molar-refractivity contribution in [2.24, 2.45) is 0 Å². The highest BCUT2D eigenvalue weighted by Gasteiger charge is 2.05. The van der Waals surface area contributed by atoms with Crippen LogP contribution in [0.25, 0.3) is 11.1 Å². The summed E-state index contributed by atoms with van der Waals surface area (Å²) in [5.41, 5.74) is 2.38. The van der Waals surface area contributed by atoms with Gasteiger partial charge in [0, 0.05) is 4.90 Å². The zero-order valence-corrected chi connectivity index (χ0v) is 10.8. The smallest absolute Gasteiger partial charge is 0.119 e. The first-order valence-electron chi connectivity index (χ1n) is 5.42. The molecule has 2 nitrogen and oxygen atoms in total. The topological polar surface area (TPSA) is 21.3 Å². The Hall–Kier alpha value is -1.45. The van der Waals surface area contributed by atoms with Crippen LogP contribution in [0.5, 0.6) is 5.75 Å². The molecule has 0 saturated carbocycles. The summed E-state index contributed by atoms with van der Waals surface area (Å²) in [6.07, 6.45) is 0. The molecule has 0 heterocycles. The van der Waals surface area contributed by atoms with Crippen molar-refractivity contribution in [3.8, 4) is 16.9 Å². The van der Waals surface area contributed by atoms with Crippen molar-refractivity contribution in [1.82, 2.24) is 4.72 Å². The average Bonchev–Trinajstić information content (AvgIpc) is 2.40. The number of ether oxygens (including phenoxy) is 1. The molecule has 0 saturated heterocycles. The summed E-state index contributed by atoms with van der Waals surface area (Å²) < 4.78 is 8.36. The number of methoxy groups -OCH3 is 1. The van der Waals surface area contributed by atoms with Crippen LogP contribution in [0.1, 0.15) is 0 Å². The lowest BCUT2D eigenvalue weighted by molar-refractivity contribution is 0.415. The number of hydrogen-bond acceptors (Lipinski definition) is 3. The van der Waals surface area contributed by atoms with Gasteiger partial charge >= 0.3 is 0 Å². The van der Waals surface area contributed by atoms with Crippen LogP contribution < -0.4 is 9.46 Å². The Morgan fingerprint density at radius 2 is 1.88 bits per heavy atom. The molecule has 0 amide bonds. The van der Waals surface area contributed by atoms with Crippen molar-refractivity contribution in [2.45, 2.75) is 4.90 Å². The van der Waals surface area contributed by atoms with E-state index in [1.54, 1.807) is 19.1 Å². The third-order valence-electron chi connectivity index (χ3n) is 2.48. The van der Waals surface area contributed by atoms with Crippen LogP contribution in [0.15, 0.2) is 53.4 Å². The third kappa shape index (κ3) is 2.81. The van der Waals surface area contributed by atoms with Crippen molar-refractivity contribution in [2.75, 3.05) is 14.2 Å². The second-order valence-electron chi connectivity index (χ2n) is 3.53. The maximum absolute atomic E-state index is 5.25. The Balaban J connectivity index is 2.44. The molecule has 88 valence electrons. The first-order valence-corrected chi connectivity index (χ1v) is 6.24. The van der Waals surface area contributed by atoms with Crippen LogP contribution in [-0.4, -0.2) is 14.2 Å². The van der Waals surface area contributed by atoms with Crippen molar-refractivity contribution >= 4 is 11.9 Å². The van der Waals surface area contributed by atoms with Crippen LogP contribution in [0.3, 0.4) is 0 Å². The highest BCUT2D eigenvalue weighted by molar-refractivity contribution is 7.97. The third-order valence-corrected chi connectivity index (χ3v) is 3.26. The van der Waals surface area contributed by atoms with Gasteiger partial charge < -0.3 is 4.74 Å². The Labute approximate surface area is 106 Å². The molecule has 2 rings (SSSR count). The number of hydrogen-bond donors (Lipinski definition) is 1. The van der Waals surface area contributed by atoms with Crippen LogP contribution in [-0.2, 0) is 0 Å². The van der Waals surface area contributed by atoms with Gasteiger partial charge in [-0.25, -0.2) is 0 Å². The van der Waals surface area contributed by atoms with E-state index in [1.807, 2.05) is 25.2 Å². The highest BCUT2D eigenvalue weighted by Crippen LogP contribution is 2.31. The van der Waals surface area contributed by atoms with Gasteiger partial charge in [0.15, 0.2) is 0 Å². The molecule has 0 unspecified atom stereocenters. The van der Waals surface area contributed by atoms with E-state index >= 15 is 0 Å². The van der Waals surface area contributed by atoms with E-state index in [0.29, 0.717) is 0 Å². The van der Waals surface area contributed by atoms with E-state index in [-0.39, 0.29) is 0 Å². The summed E-state index contributed by atoms with van der Waals surface area (Å²) >= 11 is 1.62. The molecular formula is C14H15NOS. The normalized spacial score (nSPS) is 10.2. The van der Waals surface area contributed by atoms with Gasteiger partial charge in [-0.1, -0.05) is 30.3 Å². The van der Waals surface area contributed by atoms with E-state index in [0.717, 1.165) is 5.75 Å². The molecule has 0 aliphatic rings. The SMILES string of the molecule is CNSc1ccccc1-c1cccc(OC)c1. The number of nitrogens with one attached hydrogen (secondary N) is 1. The lowest BCUT2D eigenvalue weighted by Gasteiger charge is -2.09. The first-order chi connectivity index (χ1) is 8.35. The van der Waals surface area contributed by atoms with E-state index in [1.165, 1.54) is 16.0 Å². The maximum Gasteiger partial charge on any atom is 0.119 e. The Kier molecular flexibility index (Phi) is 4.07. The fourth-order valence-electron chi connectivity index (χ4n) is 1.69. The van der Waals surface area contributed by atoms with Gasteiger partial charge in [-0.3, -0.25) is 4.72 Å². The first kappa shape index (κ1) is 12.0. The number of rotatable bonds is 4. The summed E-state index contributed by atoms with van der Waals surface area (Å²) in [5, 5.41) is 0. The van der Waals surface area contributed by atoms with Crippen molar-refractivity contribution in [3.63, 3.8) is 0 Å². The largest absolute Gasteiger partial charge is 0.497 e. The molecule has 2 aromatic carbocycles. The average molecular weight is 245 g/mol. The van der Waals surface area contributed by atoms with Crippen LogP contribution in [0, 0.1) is 0 Å². The summed E-state index contributed by atoms with van der Waals surface area (Å²) in [5.74, 6) is 0.881. The lowest BCUT2D eigenvalue weighted by atomic mass is 10.1. The standard InChI is InChI=1S/C14H15NOS/c1-15-17-14-9-4-3-8-13(14)11-6-5-7-12(10-11)16-2/h3-10,15H,1-2H3. The van der Waals surface area contributed by atoms with Gasteiger partial charge in [-0.05, 0) is 48.3 Å². The minimum atomic E-state index is 0.881. The zero-order chi connectivity index (χ0) is 12.1. The second-order valence-corrected chi connectivity index (χ2v) is 4.59. The van der Waals surface area contributed by atoms with Gasteiger partial charge in [-0.2, -0.15) is 0 Å². The molecule has 0 atom stereocenters. The highest BCUT2D eigenvalue weighted by atomic mass is 32.2. The number of benzene rings is 2. The minimum Gasteiger partial charge on any atom is -0.497 e. The van der Waals surface area contributed by atoms with Gasteiger partial charge in [0.2, 0.25) is 0 Å². The van der Waals surface area contributed by atoms with Crippen LogP contribution >= 0.6 is 11.9 Å². The van der Waals surface area contributed by atoms with Crippen molar-refractivity contribution in [3.05, 3.63) is 48.5 Å². The van der Waals surface area contributed by atoms with Gasteiger partial charge in [-0.15, -0.1) is 0 Å². The monoisotopic (exact) mass is 245 g/mol. The predicted molar refractivity (Wildman–Crippen MR) is 73.3 cm³/mol. The molecule has 3 heteroatoms. The quantitative estimate of drug-likeness (QED) is 0.832. The van der Waals surface area contributed by atoms with Gasteiger partial charge in [0.1, 0.15) is 5.75 Å². The lowest BCUT2D eigenvalue weighted by Crippen LogP contribution is -1.92. The molecule has 0 radical (unpaired) electrons. The molecule has 0 spiro atoms. The van der Waals surface area contributed by atoms with E-state index in [2.05, 4.69) is 35.1 Å². The molecule has 0 bridgehead atoms. The molecular weight excluding hydrogens is 230 g/mol. The van der Waals surface area contributed by atoms with Crippen molar-refractivity contribution in [1.29, 1.82) is 0 Å². The van der Waals surface area contributed by atoms with Crippen LogP contribution in [0.4, 0.5) is 0 Å². The summed E-state index contributed by atoms with van der Waals surface area (Å²) in [7, 11) is 3.61. The minimum absolute atomic E-state index is 0.881. The second kappa shape index (κ2) is 5.75. The fraction of sp³-hybridized carbons (Fsp3) is 0.143. The van der Waals surface area contributed by atoms with Crippen molar-refractivity contribution < 1.29 is 4.74 Å². The molecule has 0 aliphatic heterocycles. The molecule has 2 aromatic rings. The molecule has 0 fully saturated rings. The van der Waals surface area contributed by atoms with Gasteiger partial charge in [0.25, 0.3) is 0 Å². The molecule has 0 aromatic heterocycles. The fourth-order valence-corrected chi connectivity index (χ4v) is 2.36. The van der Waals surface area contributed by atoms with Gasteiger partial charge in [0.05, 0.1) is 7.11 Å². The summed E-state index contributed by atoms with van der Waals surface area (Å²) in [6, 6.07) is 16.4. The molecule has 1 N–H and O–H groups in total. The summed E-state index contributed by atoms with van der Waals surface area (Å²) in [4.78, 5) is 1.21. The zero-order valence-electron chi connectivity index (χ0n) is 9.94. The predicted octanol–water partition coefficient (Wildman–Crippen LogP) is 3.59. The van der Waals surface area contributed by atoms with E-state index in [4.69, 9.17) is 4.74 Å². The van der Waals surface area contributed by atoms with E-state index < -0.39 is 0 Å².